The zero-order valence-electron chi connectivity index (χ0n) is 7.36. The van der Waals surface area contributed by atoms with Crippen molar-refractivity contribution in [3.05, 3.63) is 0 Å². The first-order valence-electron chi connectivity index (χ1n) is 4.26. The second-order valence-electron chi connectivity index (χ2n) is 3.25. The minimum Gasteiger partial charge on any atom is -0.460 e. The van der Waals surface area contributed by atoms with Gasteiger partial charge in [0.05, 0.1) is 19.6 Å². The first kappa shape index (κ1) is 8.34. The van der Waals surface area contributed by atoms with Gasteiger partial charge in [0.15, 0.2) is 0 Å². The third-order valence-corrected chi connectivity index (χ3v) is 2.55. The first-order chi connectivity index (χ1) is 6.22. The fourth-order valence-corrected chi connectivity index (χ4v) is 1.94. The van der Waals surface area contributed by atoms with E-state index >= 15 is 0 Å². The van der Waals surface area contributed by atoms with Crippen LogP contribution in [-0.4, -0.2) is 42.8 Å². The van der Waals surface area contributed by atoms with Gasteiger partial charge in [-0.3, -0.25) is 4.79 Å². The quantitative estimate of drug-likeness (QED) is 0.504. The number of rotatable bonds is 0. The van der Waals surface area contributed by atoms with Gasteiger partial charge in [-0.25, -0.2) is 4.79 Å². The van der Waals surface area contributed by atoms with E-state index in [4.69, 9.17) is 4.74 Å². The molecule has 0 bridgehead atoms. The summed E-state index contributed by atoms with van der Waals surface area (Å²) in [5.74, 6) is -0.219. The maximum atomic E-state index is 11.2. The molecule has 2 rings (SSSR count). The smallest absolute Gasteiger partial charge is 0.409 e. The lowest BCUT2D eigenvalue weighted by atomic mass is 10.1. The molecular formula is C8H11NO4. The molecule has 0 saturated carbocycles. The number of methoxy groups -OCH3 is 1. The van der Waals surface area contributed by atoms with Gasteiger partial charge >= 0.3 is 12.1 Å². The second-order valence-corrected chi connectivity index (χ2v) is 3.25. The Morgan fingerprint density at radius 1 is 1.69 bits per heavy atom. The summed E-state index contributed by atoms with van der Waals surface area (Å²) in [6.45, 7) is 0.620. The van der Waals surface area contributed by atoms with Crippen LogP contribution in [0, 0.1) is 0 Å². The summed E-state index contributed by atoms with van der Waals surface area (Å²) in [5, 5.41) is 0. The van der Waals surface area contributed by atoms with Crippen LogP contribution in [0.3, 0.4) is 0 Å². The van der Waals surface area contributed by atoms with Crippen molar-refractivity contribution in [2.45, 2.75) is 25.0 Å². The Bertz CT molecular complexity index is 253. The van der Waals surface area contributed by atoms with E-state index in [0.29, 0.717) is 13.0 Å². The molecule has 13 heavy (non-hydrogen) atoms. The number of likely N-dealkylation sites (tertiary alicyclic amines) is 1. The number of ether oxygens (including phenoxy) is 2. The maximum Gasteiger partial charge on any atom is 0.409 e. The van der Waals surface area contributed by atoms with Crippen LogP contribution in [0.4, 0.5) is 4.79 Å². The van der Waals surface area contributed by atoms with Gasteiger partial charge in [0.1, 0.15) is 6.10 Å². The summed E-state index contributed by atoms with van der Waals surface area (Å²) in [7, 11) is 1.34. The van der Waals surface area contributed by atoms with Crippen molar-refractivity contribution < 1.29 is 19.1 Å². The molecule has 1 amide bonds. The molecule has 0 unspecified atom stereocenters. The molecule has 2 saturated heterocycles. The van der Waals surface area contributed by atoms with Gasteiger partial charge in [0.2, 0.25) is 0 Å². The molecule has 0 aromatic carbocycles. The van der Waals surface area contributed by atoms with E-state index in [9.17, 15) is 9.59 Å². The Morgan fingerprint density at radius 3 is 3.15 bits per heavy atom. The zero-order chi connectivity index (χ0) is 9.42. The lowest BCUT2D eigenvalue weighted by Crippen LogP contribution is -2.37. The summed E-state index contributed by atoms with van der Waals surface area (Å²) >= 11 is 0. The van der Waals surface area contributed by atoms with Crippen LogP contribution in [0.15, 0.2) is 0 Å². The standard InChI is InChI=1S/C8H11NO4/c1-12-8(11)9-3-2-6-5(9)4-7(10)13-6/h5-6H,2-4H2,1H3/t5-,6-/m0/s1. The van der Waals surface area contributed by atoms with Crippen LogP contribution in [0.25, 0.3) is 0 Å². The predicted molar refractivity (Wildman–Crippen MR) is 42.0 cm³/mol. The summed E-state index contributed by atoms with van der Waals surface area (Å²) in [5.41, 5.74) is 0. The summed E-state index contributed by atoms with van der Waals surface area (Å²) in [6.07, 6.45) is 0.558. The van der Waals surface area contributed by atoms with E-state index in [2.05, 4.69) is 4.74 Å². The number of esters is 1. The fourth-order valence-electron chi connectivity index (χ4n) is 1.94. The average molecular weight is 185 g/mol. The molecule has 2 fully saturated rings. The third kappa shape index (κ3) is 1.24. The maximum absolute atomic E-state index is 11.2. The van der Waals surface area contributed by atoms with Crippen molar-refractivity contribution in [3.63, 3.8) is 0 Å². The van der Waals surface area contributed by atoms with Crippen LogP contribution in [0.5, 0.6) is 0 Å². The minimum atomic E-state index is -0.370. The number of fused-ring (bicyclic) bond motifs is 1. The Hall–Kier alpha value is -1.26. The Labute approximate surface area is 75.6 Å². The van der Waals surface area contributed by atoms with E-state index in [1.165, 1.54) is 7.11 Å². The van der Waals surface area contributed by atoms with Crippen LogP contribution < -0.4 is 0 Å². The second kappa shape index (κ2) is 2.90. The van der Waals surface area contributed by atoms with Gasteiger partial charge in [-0.1, -0.05) is 0 Å². The van der Waals surface area contributed by atoms with E-state index in [1.807, 2.05) is 0 Å². The highest BCUT2D eigenvalue weighted by molar-refractivity contribution is 5.76. The number of carbonyl (C=O) groups excluding carboxylic acids is 2. The normalized spacial score (nSPS) is 31.5. The van der Waals surface area contributed by atoms with Gasteiger partial charge in [-0.2, -0.15) is 0 Å². The molecule has 0 aromatic rings. The van der Waals surface area contributed by atoms with Crippen molar-refractivity contribution in [3.8, 4) is 0 Å². The van der Waals surface area contributed by atoms with Crippen molar-refractivity contribution in [1.29, 1.82) is 0 Å². The highest BCUT2D eigenvalue weighted by atomic mass is 16.6. The molecule has 0 aliphatic carbocycles. The minimum absolute atomic E-state index is 0.0973. The number of hydrogen-bond donors (Lipinski definition) is 0. The highest BCUT2D eigenvalue weighted by Gasteiger charge is 2.45. The Morgan fingerprint density at radius 2 is 2.46 bits per heavy atom. The fraction of sp³-hybridized carbons (Fsp3) is 0.750. The van der Waals surface area contributed by atoms with Crippen molar-refractivity contribution in [2.75, 3.05) is 13.7 Å². The number of carbonyl (C=O) groups is 2. The largest absolute Gasteiger partial charge is 0.460 e. The van der Waals surface area contributed by atoms with Gasteiger partial charge in [0.25, 0.3) is 0 Å². The molecule has 0 radical (unpaired) electrons. The van der Waals surface area contributed by atoms with Crippen molar-refractivity contribution >= 4 is 12.1 Å². The molecule has 2 atom stereocenters. The molecule has 0 N–H and O–H groups in total. The number of hydrogen-bond acceptors (Lipinski definition) is 4. The summed E-state index contributed by atoms with van der Waals surface area (Å²) in [4.78, 5) is 23.7. The van der Waals surface area contributed by atoms with E-state index in [1.54, 1.807) is 4.90 Å². The molecule has 2 aliphatic rings. The SMILES string of the molecule is COC(=O)N1CC[C@@H]2OC(=O)C[C@@H]21. The number of nitrogens with zero attached hydrogens (tertiary/aromatic N) is 1. The van der Waals surface area contributed by atoms with E-state index < -0.39 is 0 Å². The van der Waals surface area contributed by atoms with Crippen LogP contribution >= 0.6 is 0 Å². The lowest BCUT2D eigenvalue weighted by Gasteiger charge is -2.19. The summed E-state index contributed by atoms with van der Waals surface area (Å²) in [6, 6.07) is -0.0973. The van der Waals surface area contributed by atoms with Gasteiger partial charge < -0.3 is 14.4 Å². The van der Waals surface area contributed by atoms with E-state index in [-0.39, 0.29) is 24.2 Å². The van der Waals surface area contributed by atoms with Gasteiger partial charge in [0, 0.05) is 13.0 Å². The predicted octanol–water partition coefficient (Wildman–Crippen LogP) is 0.143. The molecule has 5 nitrogen and oxygen atoms in total. The Balaban J connectivity index is 2.08. The van der Waals surface area contributed by atoms with Crippen LogP contribution in [0.2, 0.25) is 0 Å². The van der Waals surface area contributed by atoms with Crippen LogP contribution in [0.1, 0.15) is 12.8 Å². The molecule has 2 aliphatic heterocycles. The zero-order valence-corrected chi connectivity index (χ0v) is 7.36. The third-order valence-electron chi connectivity index (χ3n) is 2.55. The molecule has 0 spiro atoms. The molecule has 0 aromatic heterocycles. The molecule has 72 valence electrons. The highest BCUT2D eigenvalue weighted by Crippen LogP contribution is 2.29. The van der Waals surface area contributed by atoms with Gasteiger partial charge in [-0.15, -0.1) is 0 Å². The topological polar surface area (TPSA) is 55.8 Å². The average Bonchev–Trinajstić information content (AvgIpc) is 2.61. The first-order valence-corrected chi connectivity index (χ1v) is 4.26. The van der Waals surface area contributed by atoms with Crippen molar-refractivity contribution in [1.82, 2.24) is 4.90 Å². The molecule has 2 heterocycles. The monoisotopic (exact) mass is 185 g/mol. The molecular weight excluding hydrogens is 174 g/mol. The molecule has 5 heteroatoms. The Kier molecular flexibility index (Phi) is 1.86. The van der Waals surface area contributed by atoms with Crippen molar-refractivity contribution in [2.24, 2.45) is 0 Å². The van der Waals surface area contributed by atoms with Crippen LogP contribution in [-0.2, 0) is 14.3 Å². The number of amides is 1. The van der Waals surface area contributed by atoms with E-state index in [0.717, 1.165) is 6.42 Å². The lowest BCUT2D eigenvalue weighted by molar-refractivity contribution is -0.141. The van der Waals surface area contributed by atoms with Gasteiger partial charge in [-0.05, 0) is 0 Å². The summed E-state index contributed by atoms with van der Waals surface area (Å²) < 4.78 is 9.62.